The van der Waals surface area contributed by atoms with Crippen molar-refractivity contribution in [2.24, 2.45) is 0 Å². The van der Waals surface area contributed by atoms with Crippen molar-refractivity contribution < 1.29 is 5.11 Å². The Hall–Kier alpha value is -0.730. The van der Waals surface area contributed by atoms with Crippen LogP contribution in [0, 0.1) is 0 Å². The number of anilines is 1. The first-order chi connectivity index (χ1) is 8.63. The number of rotatable bonds is 4. The number of benzene rings is 1. The van der Waals surface area contributed by atoms with E-state index in [9.17, 15) is 5.11 Å². The van der Waals surface area contributed by atoms with Crippen LogP contribution in [0.1, 0.15) is 51.2 Å². The zero-order valence-electron chi connectivity index (χ0n) is 11.2. The fraction of sp³-hybridized carbons (Fsp3) is 0.600. The maximum absolute atomic E-state index is 9.60. The fourth-order valence-corrected chi connectivity index (χ4v) is 3.23. The summed E-state index contributed by atoms with van der Waals surface area (Å²) >= 11 is 6.25. The van der Waals surface area contributed by atoms with Crippen LogP contribution in [0.5, 0.6) is 0 Å². The smallest absolute Gasteiger partial charge is 0.0776 e. The maximum Gasteiger partial charge on any atom is 0.0776 e. The highest BCUT2D eigenvalue weighted by molar-refractivity contribution is 6.31. The summed E-state index contributed by atoms with van der Waals surface area (Å²) in [5.74, 6) is 0. The molecule has 18 heavy (non-hydrogen) atoms. The second-order valence-electron chi connectivity index (χ2n) is 5.11. The lowest BCUT2D eigenvalue weighted by Crippen LogP contribution is -2.32. The Kier molecular flexibility index (Phi) is 4.52. The molecular formula is C15H22ClNO. The van der Waals surface area contributed by atoms with Crippen molar-refractivity contribution in [3.63, 3.8) is 0 Å². The Morgan fingerprint density at radius 3 is 2.56 bits per heavy atom. The van der Waals surface area contributed by atoms with Gasteiger partial charge in [-0.05, 0) is 44.4 Å². The van der Waals surface area contributed by atoms with Gasteiger partial charge in [0.2, 0.25) is 0 Å². The van der Waals surface area contributed by atoms with Gasteiger partial charge in [-0.25, -0.2) is 0 Å². The summed E-state index contributed by atoms with van der Waals surface area (Å²) in [6.45, 7) is 4.94. The summed E-state index contributed by atoms with van der Waals surface area (Å²) in [5.41, 5.74) is 1.99. The second kappa shape index (κ2) is 5.94. The number of hydrogen-bond donors (Lipinski definition) is 1. The Bertz CT molecular complexity index is 399. The van der Waals surface area contributed by atoms with E-state index in [1.54, 1.807) is 6.92 Å². The van der Waals surface area contributed by atoms with Crippen molar-refractivity contribution in [3.8, 4) is 0 Å². The van der Waals surface area contributed by atoms with Crippen molar-refractivity contribution in [1.82, 2.24) is 0 Å². The minimum Gasteiger partial charge on any atom is -0.389 e. The number of halogens is 1. The van der Waals surface area contributed by atoms with E-state index in [-0.39, 0.29) is 0 Å². The summed E-state index contributed by atoms with van der Waals surface area (Å²) in [6.07, 6.45) is 4.72. The van der Waals surface area contributed by atoms with Crippen LogP contribution in [0.3, 0.4) is 0 Å². The van der Waals surface area contributed by atoms with E-state index in [4.69, 9.17) is 11.6 Å². The molecule has 1 fully saturated rings. The Balaban J connectivity index is 2.23. The predicted molar refractivity (Wildman–Crippen MR) is 77.4 cm³/mol. The molecule has 1 N–H and O–H groups in total. The molecule has 100 valence electrons. The molecule has 0 bridgehead atoms. The highest BCUT2D eigenvalue weighted by atomic mass is 35.5. The zero-order valence-corrected chi connectivity index (χ0v) is 12.0. The number of aliphatic hydroxyl groups is 1. The first kappa shape index (κ1) is 13.7. The van der Waals surface area contributed by atoms with Gasteiger partial charge in [-0.3, -0.25) is 0 Å². The minimum atomic E-state index is -0.506. The highest BCUT2D eigenvalue weighted by Gasteiger charge is 2.22. The summed E-state index contributed by atoms with van der Waals surface area (Å²) in [6, 6.07) is 6.67. The van der Waals surface area contributed by atoms with E-state index in [0.717, 1.165) is 12.1 Å². The molecule has 0 aliphatic heterocycles. The van der Waals surface area contributed by atoms with Crippen LogP contribution >= 0.6 is 11.6 Å². The van der Waals surface area contributed by atoms with Crippen LogP contribution in [0.15, 0.2) is 18.2 Å². The van der Waals surface area contributed by atoms with E-state index in [2.05, 4.69) is 17.9 Å². The van der Waals surface area contributed by atoms with Crippen molar-refractivity contribution in [2.45, 2.75) is 51.7 Å². The van der Waals surface area contributed by atoms with E-state index in [1.165, 1.54) is 31.4 Å². The van der Waals surface area contributed by atoms with Gasteiger partial charge in [0.15, 0.2) is 0 Å². The average molecular weight is 268 g/mol. The standard InChI is InChI=1S/C15H22ClNO/c1-3-17(12-6-4-5-7-12)13-8-9-14(11(2)18)15(16)10-13/h8-12,18H,3-7H2,1-2H3. The van der Waals surface area contributed by atoms with Crippen molar-refractivity contribution in [3.05, 3.63) is 28.8 Å². The zero-order chi connectivity index (χ0) is 13.1. The summed E-state index contributed by atoms with van der Waals surface area (Å²) in [5, 5.41) is 10.3. The molecule has 1 unspecified atom stereocenters. The molecule has 0 heterocycles. The normalized spacial score (nSPS) is 18.0. The number of aliphatic hydroxyl groups excluding tert-OH is 1. The van der Waals surface area contributed by atoms with Crippen molar-refractivity contribution in [2.75, 3.05) is 11.4 Å². The lowest BCUT2D eigenvalue weighted by molar-refractivity contribution is 0.199. The van der Waals surface area contributed by atoms with Crippen LogP contribution in [0.2, 0.25) is 5.02 Å². The monoisotopic (exact) mass is 267 g/mol. The molecular weight excluding hydrogens is 246 g/mol. The first-order valence-corrected chi connectivity index (χ1v) is 7.25. The van der Waals surface area contributed by atoms with Gasteiger partial charge in [0.1, 0.15) is 0 Å². The Morgan fingerprint density at radius 1 is 1.39 bits per heavy atom. The van der Waals surface area contributed by atoms with Gasteiger partial charge in [0.25, 0.3) is 0 Å². The lowest BCUT2D eigenvalue weighted by Gasteiger charge is -2.30. The van der Waals surface area contributed by atoms with Crippen LogP contribution in [0.4, 0.5) is 5.69 Å². The first-order valence-electron chi connectivity index (χ1n) is 6.87. The van der Waals surface area contributed by atoms with Gasteiger partial charge in [0, 0.05) is 23.3 Å². The van der Waals surface area contributed by atoms with E-state index in [1.807, 2.05) is 12.1 Å². The Morgan fingerprint density at radius 2 is 2.06 bits per heavy atom. The average Bonchev–Trinajstić information content (AvgIpc) is 2.83. The van der Waals surface area contributed by atoms with Crippen molar-refractivity contribution >= 4 is 17.3 Å². The number of nitrogens with zero attached hydrogens (tertiary/aromatic N) is 1. The molecule has 1 aliphatic carbocycles. The van der Waals surface area contributed by atoms with Crippen LogP contribution in [-0.4, -0.2) is 17.7 Å². The molecule has 1 aromatic rings. The highest BCUT2D eigenvalue weighted by Crippen LogP contribution is 2.32. The third kappa shape index (κ3) is 2.81. The van der Waals surface area contributed by atoms with Gasteiger partial charge < -0.3 is 10.0 Å². The second-order valence-corrected chi connectivity index (χ2v) is 5.51. The van der Waals surface area contributed by atoms with Gasteiger partial charge in [0.05, 0.1) is 6.10 Å². The molecule has 2 rings (SSSR count). The predicted octanol–water partition coefficient (Wildman–Crippen LogP) is 4.16. The molecule has 0 aromatic heterocycles. The molecule has 1 aliphatic rings. The molecule has 0 amide bonds. The molecule has 2 nitrogen and oxygen atoms in total. The molecule has 1 saturated carbocycles. The lowest BCUT2D eigenvalue weighted by atomic mass is 10.1. The third-order valence-electron chi connectivity index (χ3n) is 3.87. The van der Waals surface area contributed by atoms with Gasteiger partial charge >= 0.3 is 0 Å². The molecule has 3 heteroatoms. The van der Waals surface area contributed by atoms with Gasteiger partial charge in [-0.2, -0.15) is 0 Å². The van der Waals surface area contributed by atoms with Crippen LogP contribution < -0.4 is 4.90 Å². The third-order valence-corrected chi connectivity index (χ3v) is 4.20. The molecule has 1 atom stereocenters. The SMILES string of the molecule is CCN(c1ccc(C(C)O)c(Cl)c1)C1CCCC1. The molecule has 0 radical (unpaired) electrons. The van der Waals surface area contributed by atoms with Crippen molar-refractivity contribution in [1.29, 1.82) is 0 Å². The molecule has 1 aromatic carbocycles. The summed E-state index contributed by atoms with van der Waals surface area (Å²) in [4.78, 5) is 2.44. The fourth-order valence-electron chi connectivity index (χ4n) is 2.90. The molecule has 0 saturated heterocycles. The molecule has 0 spiro atoms. The van der Waals surface area contributed by atoms with E-state index >= 15 is 0 Å². The van der Waals surface area contributed by atoms with Crippen LogP contribution in [-0.2, 0) is 0 Å². The minimum absolute atomic E-state index is 0.506. The Labute approximate surface area is 115 Å². The maximum atomic E-state index is 9.60. The summed E-state index contributed by atoms with van der Waals surface area (Å²) in [7, 11) is 0. The van der Waals surface area contributed by atoms with E-state index in [0.29, 0.717) is 11.1 Å². The quantitative estimate of drug-likeness (QED) is 0.885. The van der Waals surface area contributed by atoms with Gasteiger partial charge in [-0.1, -0.05) is 30.5 Å². The van der Waals surface area contributed by atoms with Gasteiger partial charge in [-0.15, -0.1) is 0 Å². The largest absolute Gasteiger partial charge is 0.389 e. The van der Waals surface area contributed by atoms with E-state index < -0.39 is 6.10 Å². The summed E-state index contributed by atoms with van der Waals surface area (Å²) < 4.78 is 0. The number of hydrogen-bond acceptors (Lipinski definition) is 2. The van der Waals surface area contributed by atoms with Crippen LogP contribution in [0.25, 0.3) is 0 Å². The topological polar surface area (TPSA) is 23.5 Å².